The standard InChI is InChI=1S/C7H5F2N3O3/c8-7(9)5-4(2-13)11-1-3(10)6(5)12(14)15/h1-2,7H,10H2. The predicted molar refractivity (Wildman–Crippen MR) is 45.6 cm³/mol. The molecule has 1 rings (SSSR count). The first-order valence-electron chi connectivity index (χ1n) is 3.65. The first-order chi connectivity index (χ1) is 6.99. The van der Waals surface area contributed by atoms with Crippen molar-refractivity contribution in [2.45, 2.75) is 6.43 Å². The van der Waals surface area contributed by atoms with Crippen LogP contribution in [-0.2, 0) is 0 Å². The van der Waals surface area contributed by atoms with Crippen LogP contribution in [-0.4, -0.2) is 16.2 Å². The van der Waals surface area contributed by atoms with Gasteiger partial charge in [0.05, 0.1) is 11.1 Å². The molecule has 1 heterocycles. The molecule has 0 unspecified atom stereocenters. The largest absolute Gasteiger partial charge is 0.392 e. The van der Waals surface area contributed by atoms with Gasteiger partial charge in [-0.1, -0.05) is 0 Å². The minimum Gasteiger partial charge on any atom is -0.392 e. The summed E-state index contributed by atoms with van der Waals surface area (Å²) < 4.78 is 24.9. The van der Waals surface area contributed by atoms with Crippen molar-refractivity contribution in [3.8, 4) is 0 Å². The lowest BCUT2D eigenvalue weighted by molar-refractivity contribution is -0.385. The third-order valence-corrected chi connectivity index (χ3v) is 1.66. The second-order valence-corrected chi connectivity index (χ2v) is 2.54. The quantitative estimate of drug-likeness (QED) is 0.467. The summed E-state index contributed by atoms with van der Waals surface area (Å²) in [6.45, 7) is 0. The molecule has 0 saturated carbocycles. The van der Waals surface area contributed by atoms with E-state index in [2.05, 4.69) is 4.98 Å². The molecule has 1 aromatic heterocycles. The number of pyridine rings is 1. The highest BCUT2D eigenvalue weighted by molar-refractivity contribution is 5.79. The summed E-state index contributed by atoms with van der Waals surface area (Å²) >= 11 is 0. The average Bonchev–Trinajstić information content (AvgIpc) is 2.16. The molecular formula is C7H5F2N3O3. The molecule has 0 amide bonds. The zero-order valence-electron chi connectivity index (χ0n) is 7.18. The number of halogens is 2. The van der Waals surface area contributed by atoms with E-state index < -0.39 is 34.0 Å². The van der Waals surface area contributed by atoms with Crippen LogP contribution in [0.5, 0.6) is 0 Å². The maximum absolute atomic E-state index is 12.5. The second-order valence-electron chi connectivity index (χ2n) is 2.54. The molecule has 0 aliphatic carbocycles. The number of aromatic nitrogens is 1. The van der Waals surface area contributed by atoms with Crippen LogP contribution in [0.25, 0.3) is 0 Å². The fourth-order valence-corrected chi connectivity index (χ4v) is 1.06. The van der Waals surface area contributed by atoms with Gasteiger partial charge in [-0.2, -0.15) is 0 Å². The number of rotatable bonds is 3. The highest BCUT2D eigenvalue weighted by Crippen LogP contribution is 2.34. The SMILES string of the molecule is Nc1cnc(C=O)c(C(F)F)c1[N+](=O)[O-]. The molecule has 1 aromatic rings. The molecule has 0 saturated heterocycles. The first-order valence-corrected chi connectivity index (χ1v) is 3.65. The van der Waals surface area contributed by atoms with Gasteiger partial charge < -0.3 is 5.73 Å². The number of anilines is 1. The molecule has 0 bridgehead atoms. The number of nitrogens with zero attached hydrogens (tertiary/aromatic N) is 2. The number of hydrogen-bond donors (Lipinski definition) is 1. The molecule has 0 fully saturated rings. The van der Waals surface area contributed by atoms with Gasteiger partial charge in [-0.3, -0.25) is 19.9 Å². The number of carbonyl (C=O) groups excluding carboxylic acids is 1. The van der Waals surface area contributed by atoms with E-state index in [4.69, 9.17) is 5.73 Å². The summed E-state index contributed by atoms with van der Waals surface area (Å²) in [5, 5.41) is 10.5. The minimum atomic E-state index is -3.18. The molecule has 0 spiro atoms. The lowest BCUT2D eigenvalue weighted by Crippen LogP contribution is -2.06. The lowest BCUT2D eigenvalue weighted by Gasteiger charge is -2.05. The Kier molecular flexibility index (Phi) is 2.88. The van der Waals surface area contributed by atoms with Crippen LogP contribution in [0.4, 0.5) is 20.2 Å². The number of nitrogens with two attached hydrogens (primary N) is 1. The topological polar surface area (TPSA) is 99.1 Å². The molecule has 6 nitrogen and oxygen atoms in total. The van der Waals surface area contributed by atoms with Crippen molar-refractivity contribution in [2.75, 3.05) is 5.73 Å². The van der Waals surface area contributed by atoms with E-state index in [1.54, 1.807) is 0 Å². The highest BCUT2D eigenvalue weighted by Gasteiger charge is 2.29. The van der Waals surface area contributed by atoms with Gasteiger partial charge in [0.2, 0.25) is 0 Å². The number of hydrogen-bond acceptors (Lipinski definition) is 5. The maximum Gasteiger partial charge on any atom is 0.304 e. The van der Waals surface area contributed by atoms with Gasteiger partial charge in [0.1, 0.15) is 16.9 Å². The van der Waals surface area contributed by atoms with E-state index in [-0.39, 0.29) is 6.29 Å². The number of nitro groups is 1. The van der Waals surface area contributed by atoms with E-state index in [0.29, 0.717) is 0 Å². The summed E-state index contributed by atoms with van der Waals surface area (Å²) in [5.74, 6) is 0. The Labute approximate surface area is 81.9 Å². The Morgan fingerprint density at radius 2 is 2.20 bits per heavy atom. The maximum atomic E-state index is 12.5. The molecule has 0 radical (unpaired) electrons. The zero-order valence-corrected chi connectivity index (χ0v) is 7.18. The molecular weight excluding hydrogens is 212 g/mol. The normalized spacial score (nSPS) is 10.3. The average molecular weight is 217 g/mol. The van der Waals surface area contributed by atoms with Gasteiger partial charge in [-0.05, 0) is 0 Å². The summed E-state index contributed by atoms with van der Waals surface area (Å²) in [6.07, 6.45) is -2.36. The molecule has 80 valence electrons. The Bertz CT molecular complexity index is 422. The van der Waals surface area contributed by atoms with Crippen LogP contribution in [0.2, 0.25) is 0 Å². The zero-order chi connectivity index (χ0) is 11.6. The third kappa shape index (κ3) is 1.87. The van der Waals surface area contributed by atoms with Gasteiger partial charge in [-0.25, -0.2) is 8.78 Å². The monoisotopic (exact) mass is 217 g/mol. The minimum absolute atomic E-state index is 0.0218. The van der Waals surface area contributed by atoms with Crippen molar-refractivity contribution < 1.29 is 18.5 Å². The van der Waals surface area contributed by atoms with Gasteiger partial charge in [0.25, 0.3) is 6.43 Å². The van der Waals surface area contributed by atoms with E-state index in [1.165, 1.54) is 0 Å². The van der Waals surface area contributed by atoms with Gasteiger partial charge in [0.15, 0.2) is 6.29 Å². The van der Waals surface area contributed by atoms with E-state index in [1.807, 2.05) is 0 Å². The van der Waals surface area contributed by atoms with Crippen LogP contribution in [0.1, 0.15) is 22.5 Å². The molecule has 0 aromatic carbocycles. The van der Waals surface area contributed by atoms with Crippen molar-refractivity contribution in [1.29, 1.82) is 0 Å². The third-order valence-electron chi connectivity index (χ3n) is 1.66. The van der Waals surface area contributed by atoms with Crippen LogP contribution in [0.3, 0.4) is 0 Å². The number of aldehydes is 1. The van der Waals surface area contributed by atoms with Crippen molar-refractivity contribution in [1.82, 2.24) is 4.98 Å². The van der Waals surface area contributed by atoms with Gasteiger partial charge >= 0.3 is 5.69 Å². The Hall–Kier alpha value is -2.12. The molecule has 15 heavy (non-hydrogen) atoms. The summed E-state index contributed by atoms with van der Waals surface area (Å²) in [4.78, 5) is 23.0. The second kappa shape index (κ2) is 3.95. The highest BCUT2D eigenvalue weighted by atomic mass is 19.3. The summed E-state index contributed by atoms with van der Waals surface area (Å²) in [7, 11) is 0. The van der Waals surface area contributed by atoms with Crippen LogP contribution < -0.4 is 5.73 Å². The summed E-state index contributed by atoms with van der Waals surface area (Å²) in [5.41, 5.74) is 1.94. The lowest BCUT2D eigenvalue weighted by atomic mass is 10.1. The van der Waals surface area contributed by atoms with Crippen molar-refractivity contribution in [2.24, 2.45) is 0 Å². The van der Waals surface area contributed by atoms with E-state index in [9.17, 15) is 23.7 Å². The van der Waals surface area contributed by atoms with Gasteiger partial charge in [-0.15, -0.1) is 0 Å². The van der Waals surface area contributed by atoms with Crippen LogP contribution >= 0.6 is 0 Å². The van der Waals surface area contributed by atoms with Crippen LogP contribution in [0, 0.1) is 10.1 Å². The van der Waals surface area contributed by atoms with Crippen LogP contribution in [0.15, 0.2) is 6.20 Å². The van der Waals surface area contributed by atoms with Crippen molar-refractivity contribution >= 4 is 17.7 Å². The fraction of sp³-hybridized carbons (Fsp3) is 0.143. The Morgan fingerprint density at radius 1 is 1.60 bits per heavy atom. The smallest absolute Gasteiger partial charge is 0.304 e. The molecule has 0 aliphatic heterocycles. The van der Waals surface area contributed by atoms with E-state index >= 15 is 0 Å². The first kappa shape index (κ1) is 11.0. The van der Waals surface area contributed by atoms with Crippen molar-refractivity contribution in [3.63, 3.8) is 0 Å². The Balaban J connectivity index is 3.58. The molecule has 2 N–H and O–H groups in total. The number of nitrogen functional groups attached to an aromatic ring is 1. The fourth-order valence-electron chi connectivity index (χ4n) is 1.06. The van der Waals surface area contributed by atoms with Crippen molar-refractivity contribution in [3.05, 3.63) is 27.6 Å². The summed E-state index contributed by atoms with van der Waals surface area (Å²) in [6, 6.07) is 0. The number of alkyl halides is 2. The molecule has 0 aliphatic rings. The van der Waals surface area contributed by atoms with Gasteiger partial charge in [0, 0.05) is 0 Å². The molecule has 0 atom stereocenters. The predicted octanol–water partition coefficient (Wildman–Crippen LogP) is 1.32. The molecule has 8 heteroatoms. The Morgan fingerprint density at radius 3 is 2.60 bits per heavy atom. The van der Waals surface area contributed by atoms with E-state index in [0.717, 1.165) is 6.20 Å². The number of carbonyl (C=O) groups is 1.